The maximum atomic E-state index is 12.3. The van der Waals surface area contributed by atoms with Crippen LogP contribution in [0.15, 0.2) is 30.3 Å². The lowest BCUT2D eigenvalue weighted by Gasteiger charge is -2.13. The fraction of sp³-hybridized carbons (Fsp3) is 0.389. The van der Waals surface area contributed by atoms with Crippen LogP contribution in [0, 0.1) is 6.92 Å². The number of carbonyl (C=O) groups is 1. The molecule has 0 aliphatic rings. The van der Waals surface area contributed by atoms with E-state index in [1.165, 1.54) is 0 Å². The molecule has 1 amide bonds. The van der Waals surface area contributed by atoms with E-state index in [9.17, 15) is 4.79 Å². The molecule has 1 atom stereocenters. The largest absolute Gasteiger partial charge is 0.497 e. The Morgan fingerprint density at radius 2 is 1.96 bits per heavy atom. The molecular weight excluding hydrogens is 304 g/mol. The molecule has 2 aromatic rings. The van der Waals surface area contributed by atoms with Crippen LogP contribution < -0.4 is 15.4 Å². The van der Waals surface area contributed by atoms with Crippen LogP contribution in [-0.2, 0) is 6.54 Å². The highest BCUT2D eigenvalue weighted by Crippen LogP contribution is 2.12. The average Bonchev–Trinajstić information content (AvgIpc) is 2.59. The van der Waals surface area contributed by atoms with Gasteiger partial charge in [-0.2, -0.15) is 0 Å². The Bertz CT molecular complexity index is 686. The Balaban J connectivity index is 2.02. The van der Waals surface area contributed by atoms with Crippen molar-refractivity contribution in [3.63, 3.8) is 0 Å². The van der Waals surface area contributed by atoms with Crippen molar-refractivity contribution in [2.45, 2.75) is 39.8 Å². The average molecular weight is 328 g/mol. The molecule has 0 radical (unpaired) electrons. The second kappa shape index (κ2) is 8.29. The third-order valence-electron chi connectivity index (χ3n) is 3.69. The number of aromatic nitrogens is 2. The summed E-state index contributed by atoms with van der Waals surface area (Å²) in [4.78, 5) is 20.9. The lowest BCUT2D eigenvalue weighted by molar-refractivity contribution is 0.0945. The topological polar surface area (TPSA) is 76.1 Å². The maximum absolute atomic E-state index is 12.3. The second-order valence-corrected chi connectivity index (χ2v) is 5.67. The van der Waals surface area contributed by atoms with Gasteiger partial charge in [0.05, 0.1) is 7.11 Å². The van der Waals surface area contributed by atoms with E-state index in [4.69, 9.17) is 4.74 Å². The number of amides is 1. The Hall–Kier alpha value is -2.63. The standard InChI is InChI=1S/C18H24N4O2/c1-5-12(2)20-17-10-16(21-13(3)22-17)18(23)19-11-14-6-8-15(24-4)9-7-14/h6-10,12H,5,11H2,1-4H3,(H,19,23)(H,20,21,22). The molecule has 0 fully saturated rings. The van der Waals surface area contributed by atoms with E-state index >= 15 is 0 Å². The van der Waals surface area contributed by atoms with Crippen LogP contribution >= 0.6 is 0 Å². The molecular formula is C18H24N4O2. The normalized spacial score (nSPS) is 11.7. The van der Waals surface area contributed by atoms with E-state index < -0.39 is 0 Å². The van der Waals surface area contributed by atoms with Gasteiger partial charge >= 0.3 is 0 Å². The van der Waals surface area contributed by atoms with E-state index in [-0.39, 0.29) is 11.9 Å². The molecule has 1 heterocycles. The fourth-order valence-corrected chi connectivity index (χ4v) is 2.13. The lowest BCUT2D eigenvalue weighted by atomic mass is 10.2. The Morgan fingerprint density at radius 1 is 1.25 bits per heavy atom. The number of carbonyl (C=O) groups excluding carboxylic acids is 1. The Labute approximate surface area is 142 Å². The number of hydrogen-bond donors (Lipinski definition) is 2. The number of benzene rings is 1. The highest BCUT2D eigenvalue weighted by molar-refractivity contribution is 5.92. The predicted molar refractivity (Wildman–Crippen MR) is 94.3 cm³/mol. The molecule has 2 N–H and O–H groups in total. The summed E-state index contributed by atoms with van der Waals surface area (Å²) in [5, 5.41) is 6.15. The zero-order chi connectivity index (χ0) is 17.5. The summed E-state index contributed by atoms with van der Waals surface area (Å²) in [7, 11) is 1.62. The number of nitrogens with one attached hydrogen (secondary N) is 2. The smallest absolute Gasteiger partial charge is 0.270 e. The third kappa shape index (κ3) is 4.94. The van der Waals surface area contributed by atoms with Crippen molar-refractivity contribution < 1.29 is 9.53 Å². The van der Waals surface area contributed by atoms with Crippen LogP contribution in [0.1, 0.15) is 42.1 Å². The van der Waals surface area contributed by atoms with Crippen molar-refractivity contribution >= 4 is 11.7 Å². The van der Waals surface area contributed by atoms with Crippen LogP contribution in [0.5, 0.6) is 5.75 Å². The minimum Gasteiger partial charge on any atom is -0.497 e. The van der Waals surface area contributed by atoms with E-state index in [0.29, 0.717) is 23.9 Å². The van der Waals surface area contributed by atoms with Crippen molar-refractivity contribution in [1.29, 1.82) is 0 Å². The molecule has 2 rings (SSSR count). The minimum atomic E-state index is -0.219. The molecule has 0 aliphatic carbocycles. The van der Waals surface area contributed by atoms with Gasteiger partial charge in [-0.1, -0.05) is 19.1 Å². The first-order valence-corrected chi connectivity index (χ1v) is 8.05. The molecule has 1 aromatic carbocycles. The number of anilines is 1. The highest BCUT2D eigenvalue weighted by Gasteiger charge is 2.11. The van der Waals surface area contributed by atoms with Crippen molar-refractivity contribution in [2.24, 2.45) is 0 Å². The number of nitrogens with zero attached hydrogens (tertiary/aromatic N) is 2. The first kappa shape index (κ1) is 17.7. The summed E-state index contributed by atoms with van der Waals surface area (Å²) < 4.78 is 5.12. The highest BCUT2D eigenvalue weighted by atomic mass is 16.5. The van der Waals surface area contributed by atoms with Crippen LogP contribution in [0.25, 0.3) is 0 Å². The second-order valence-electron chi connectivity index (χ2n) is 5.67. The van der Waals surface area contributed by atoms with Crippen LogP contribution in [0.3, 0.4) is 0 Å². The van der Waals surface area contributed by atoms with Crippen molar-refractivity contribution in [3.8, 4) is 5.75 Å². The summed E-state index contributed by atoms with van der Waals surface area (Å²) >= 11 is 0. The lowest BCUT2D eigenvalue weighted by Crippen LogP contribution is -2.25. The summed E-state index contributed by atoms with van der Waals surface area (Å²) in [6.45, 7) is 6.37. The van der Waals surface area contributed by atoms with Gasteiger partial charge in [0.25, 0.3) is 5.91 Å². The molecule has 0 spiro atoms. The molecule has 0 saturated carbocycles. The molecule has 0 aliphatic heterocycles. The maximum Gasteiger partial charge on any atom is 0.270 e. The molecule has 6 heteroatoms. The van der Waals surface area contributed by atoms with Crippen LogP contribution in [-0.4, -0.2) is 29.0 Å². The van der Waals surface area contributed by atoms with Gasteiger partial charge in [0.2, 0.25) is 0 Å². The number of methoxy groups -OCH3 is 1. The molecule has 24 heavy (non-hydrogen) atoms. The predicted octanol–water partition coefficient (Wildman–Crippen LogP) is 2.93. The molecule has 1 unspecified atom stereocenters. The Morgan fingerprint density at radius 3 is 2.58 bits per heavy atom. The number of rotatable bonds is 7. The van der Waals surface area contributed by atoms with Gasteiger partial charge < -0.3 is 15.4 Å². The number of aryl methyl sites for hydroxylation is 1. The quantitative estimate of drug-likeness (QED) is 0.817. The van der Waals surface area contributed by atoms with Gasteiger partial charge in [-0.25, -0.2) is 9.97 Å². The van der Waals surface area contributed by atoms with Crippen molar-refractivity contribution in [3.05, 3.63) is 47.4 Å². The summed E-state index contributed by atoms with van der Waals surface area (Å²) in [6, 6.07) is 9.53. The molecule has 1 aromatic heterocycles. The van der Waals surface area contributed by atoms with Gasteiger partial charge in [0, 0.05) is 18.7 Å². The number of ether oxygens (including phenoxy) is 1. The zero-order valence-electron chi connectivity index (χ0n) is 14.6. The molecule has 6 nitrogen and oxygen atoms in total. The summed E-state index contributed by atoms with van der Waals surface area (Å²) in [5.41, 5.74) is 1.36. The van der Waals surface area contributed by atoms with Crippen LogP contribution in [0.2, 0.25) is 0 Å². The van der Waals surface area contributed by atoms with Crippen molar-refractivity contribution in [2.75, 3.05) is 12.4 Å². The SMILES string of the molecule is CCC(C)Nc1cc(C(=O)NCc2ccc(OC)cc2)nc(C)n1. The van der Waals surface area contributed by atoms with Gasteiger partial charge in [-0.05, 0) is 38.0 Å². The zero-order valence-corrected chi connectivity index (χ0v) is 14.6. The summed E-state index contributed by atoms with van der Waals surface area (Å²) in [6.07, 6.45) is 0.974. The van der Waals surface area contributed by atoms with E-state index in [2.05, 4.69) is 34.4 Å². The van der Waals surface area contributed by atoms with Crippen LogP contribution in [0.4, 0.5) is 5.82 Å². The molecule has 0 saturated heterocycles. The van der Waals surface area contributed by atoms with Gasteiger partial charge in [-0.3, -0.25) is 4.79 Å². The van der Waals surface area contributed by atoms with Gasteiger partial charge in [0.15, 0.2) is 0 Å². The van der Waals surface area contributed by atoms with E-state index in [1.54, 1.807) is 20.1 Å². The van der Waals surface area contributed by atoms with Gasteiger partial charge in [-0.15, -0.1) is 0 Å². The van der Waals surface area contributed by atoms with Gasteiger partial charge in [0.1, 0.15) is 23.1 Å². The summed E-state index contributed by atoms with van der Waals surface area (Å²) in [5.74, 6) is 1.81. The molecule has 128 valence electrons. The number of hydrogen-bond acceptors (Lipinski definition) is 5. The van der Waals surface area contributed by atoms with E-state index in [0.717, 1.165) is 17.7 Å². The molecule has 0 bridgehead atoms. The minimum absolute atomic E-state index is 0.219. The Kier molecular flexibility index (Phi) is 6.12. The fourth-order valence-electron chi connectivity index (χ4n) is 2.13. The monoisotopic (exact) mass is 328 g/mol. The van der Waals surface area contributed by atoms with E-state index in [1.807, 2.05) is 24.3 Å². The van der Waals surface area contributed by atoms with Crippen molar-refractivity contribution in [1.82, 2.24) is 15.3 Å². The first-order chi connectivity index (χ1) is 11.5. The third-order valence-corrected chi connectivity index (χ3v) is 3.69. The first-order valence-electron chi connectivity index (χ1n) is 8.05.